The molecule has 0 amide bonds. The van der Waals surface area contributed by atoms with Gasteiger partial charge in [-0.25, -0.2) is 9.97 Å². The Morgan fingerprint density at radius 3 is 2.73 bits per heavy atom. The van der Waals surface area contributed by atoms with Crippen molar-refractivity contribution in [1.82, 2.24) is 15.3 Å². The van der Waals surface area contributed by atoms with Gasteiger partial charge in [0, 0.05) is 19.6 Å². The minimum absolute atomic E-state index is 0.499. The molecule has 0 radical (unpaired) electrons. The van der Waals surface area contributed by atoms with E-state index in [0.29, 0.717) is 11.8 Å². The van der Waals surface area contributed by atoms with E-state index in [1.54, 1.807) is 19.5 Å². The molecule has 1 aromatic rings. The third-order valence-electron chi connectivity index (χ3n) is 2.75. The van der Waals surface area contributed by atoms with Gasteiger partial charge in [0.25, 0.3) is 0 Å². The first-order chi connectivity index (χ1) is 7.31. The summed E-state index contributed by atoms with van der Waals surface area (Å²) in [6.45, 7) is 2.08. The Morgan fingerprint density at radius 2 is 2.20 bits per heavy atom. The summed E-state index contributed by atoms with van der Waals surface area (Å²) < 4.78 is 5.02. The van der Waals surface area contributed by atoms with Crippen LogP contribution in [-0.2, 0) is 0 Å². The first-order valence-electron chi connectivity index (χ1n) is 5.11. The van der Waals surface area contributed by atoms with Gasteiger partial charge in [0.15, 0.2) is 5.75 Å². The van der Waals surface area contributed by atoms with E-state index < -0.39 is 0 Å². The third-order valence-corrected chi connectivity index (χ3v) is 2.75. The predicted molar refractivity (Wildman–Crippen MR) is 58.3 cm³/mol. The first kappa shape index (κ1) is 10.2. The Morgan fingerprint density at radius 1 is 1.47 bits per heavy atom. The van der Waals surface area contributed by atoms with Crippen molar-refractivity contribution in [1.29, 1.82) is 0 Å². The zero-order chi connectivity index (χ0) is 10.7. The molecule has 0 aliphatic carbocycles. The van der Waals surface area contributed by atoms with Crippen LogP contribution in [0.15, 0.2) is 12.4 Å². The number of nitrogens with zero attached hydrogens (tertiary/aromatic N) is 3. The minimum atomic E-state index is 0.499. The summed E-state index contributed by atoms with van der Waals surface area (Å²) in [6, 6.07) is 0.499. The fourth-order valence-electron chi connectivity index (χ4n) is 1.73. The van der Waals surface area contributed by atoms with Crippen LogP contribution < -0.4 is 15.0 Å². The van der Waals surface area contributed by atoms with Gasteiger partial charge in [-0.05, 0) is 13.0 Å². The second-order valence-corrected chi connectivity index (χ2v) is 3.68. The Bertz CT molecular complexity index is 308. The lowest BCUT2D eigenvalue weighted by Crippen LogP contribution is -2.34. The molecule has 1 atom stereocenters. The van der Waals surface area contributed by atoms with Gasteiger partial charge in [0.05, 0.1) is 19.5 Å². The van der Waals surface area contributed by atoms with Gasteiger partial charge < -0.3 is 15.0 Å². The van der Waals surface area contributed by atoms with Gasteiger partial charge >= 0.3 is 0 Å². The molecule has 0 aromatic carbocycles. The average molecular weight is 208 g/mol. The number of aromatic nitrogens is 2. The fraction of sp³-hybridized carbons (Fsp3) is 0.600. The second kappa shape index (κ2) is 4.44. The Hall–Kier alpha value is -1.36. The van der Waals surface area contributed by atoms with Crippen LogP contribution in [0.4, 0.5) is 5.95 Å². The van der Waals surface area contributed by atoms with Gasteiger partial charge in [0.2, 0.25) is 5.95 Å². The number of hydrogen-bond acceptors (Lipinski definition) is 5. The van der Waals surface area contributed by atoms with Gasteiger partial charge in [0.1, 0.15) is 0 Å². The molecule has 0 bridgehead atoms. The van der Waals surface area contributed by atoms with E-state index in [2.05, 4.69) is 20.2 Å². The van der Waals surface area contributed by atoms with Crippen molar-refractivity contribution in [2.45, 2.75) is 12.5 Å². The van der Waals surface area contributed by atoms with Crippen molar-refractivity contribution >= 4 is 5.95 Å². The van der Waals surface area contributed by atoms with Gasteiger partial charge in [-0.2, -0.15) is 0 Å². The maximum Gasteiger partial charge on any atom is 0.225 e. The fourth-order valence-corrected chi connectivity index (χ4v) is 1.73. The molecule has 1 N–H and O–H groups in total. The summed E-state index contributed by atoms with van der Waals surface area (Å²) >= 11 is 0. The van der Waals surface area contributed by atoms with Crippen LogP contribution in [-0.4, -0.2) is 43.3 Å². The lowest BCUT2D eigenvalue weighted by molar-refractivity contribution is 0.410. The molecule has 1 unspecified atom stereocenters. The molecule has 1 fully saturated rings. The SMILES string of the molecule is COc1cnc(N(C)C2CCNC2)nc1. The molecule has 1 aliphatic heterocycles. The number of rotatable bonds is 3. The topological polar surface area (TPSA) is 50.3 Å². The van der Waals surface area contributed by atoms with Crippen molar-refractivity contribution in [2.24, 2.45) is 0 Å². The summed E-state index contributed by atoms with van der Waals surface area (Å²) in [4.78, 5) is 10.6. The van der Waals surface area contributed by atoms with Crippen molar-refractivity contribution in [3.05, 3.63) is 12.4 Å². The van der Waals surface area contributed by atoms with Crippen molar-refractivity contribution in [2.75, 3.05) is 32.1 Å². The standard InChI is InChI=1S/C10H16N4O/c1-14(8-3-4-11-5-8)10-12-6-9(15-2)7-13-10/h6-8,11H,3-5H2,1-2H3. The number of ether oxygens (including phenoxy) is 1. The summed E-state index contributed by atoms with van der Waals surface area (Å²) in [7, 11) is 3.64. The van der Waals surface area contributed by atoms with Crippen molar-refractivity contribution in [3.63, 3.8) is 0 Å². The highest BCUT2D eigenvalue weighted by molar-refractivity contribution is 5.32. The Kier molecular flexibility index (Phi) is 3.01. The van der Waals surface area contributed by atoms with E-state index in [4.69, 9.17) is 4.74 Å². The van der Waals surface area contributed by atoms with Crippen LogP contribution in [0.1, 0.15) is 6.42 Å². The van der Waals surface area contributed by atoms with Crippen LogP contribution in [0.2, 0.25) is 0 Å². The smallest absolute Gasteiger partial charge is 0.225 e. The van der Waals surface area contributed by atoms with Gasteiger partial charge in [-0.1, -0.05) is 0 Å². The highest BCUT2D eigenvalue weighted by Crippen LogP contribution is 2.15. The van der Waals surface area contributed by atoms with Gasteiger partial charge in [-0.3, -0.25) is 0 Å². The van der Waals surface area contributed by atoms with E-state index in [0.717, 1.165) is 25.5 Å². The third kappa shape index (κ3) is 2.18. The van der Waals surface area contributed by atoms with E-state index in [9.17, 15) is 0 Å². The van der Waals surface area contributed by atoms with E-state index in [1.807, 2.05) is 7.05 Å². The van der Waals surface area contributed by atoms with Crippen LogP contribution in [0.25, 0.3) is 0 Å². The molecule has 1 aromatic heterocycles. The molecule has 2 rings (SSSR count). The number of hydrogen-bond donors (Lipinski definition) is 1. The molecule has 5 heteroatoms. The lowest BCUT2D eigenvalue weighted by atomic mass is 10.2. The molecule has 0 saturated carbocycles. The summed E-state index contributed by atoms with van der Waals surface area (Å²) in [5.41, 5.74) is 0. The number of anilines is 1. The molecule has 1 aliphatic rings. The molecule has 15 heavy (non-hydrogen) atoms. The number of methoxy groups -OCH3 is 1. The van der Waals surface area contributed by atoms with Gasteiger partial charge in [-0.15, -0.1) is 0 Å². The maximum atomic E-state index is 5.02. The zero-order valence-electron chi connectivity index (χ0n) is 9.10. The van der Waals surface area contributed by atoms with Crippen LogP contribution in [0, 0.1) is 0 Å². The zero-order valence-corrected chi connectivity index (χ0v) is 9.10. The number of nitrogens with one attached hydrogen (secondary N) is 1. The molecule has 82 valence electrons. The second-order valence-electron chi connectivity index (χ2n) is 3.68. The first-order valence-corrected chi connectivity index (χ1v) is 5.11. The van der Waals surface area contributed by atoms with Crippen LogP contribution >= 0.6 is 0 Å². The highest BCUT2D eigenvalue weighted by atomic mass is 16.5. The van der Waals surface area contributed by atoms with E-state index in [1.165, 1.54) is 0 Å². The van der Waals surface area contributed by atoms with E-state index >= 15 is 0 Å². The normalized spacial score (nSPS) is 20.3. The van der Waals surface area contributed by atoms with Crippen molar-refractivity contribution < 1.29 is 4.74 Å². The lowest BCUT2D eigenvalue weighted by Gasteiger charge is -2.23. The monoisotopic (exact) mass is 208 g/mol. The molecule has 1 saturated heterocycles. The quantitative estimate of drug-likeness (QED) is 0.773. The van der Waals surface area contributed by atoms with Crippen molar-refractivity contribution in [3.8, 4) is 5.75 Å². The Balaban J connectivity index is 2.07. The van der Waals surface area contributed by atoms with Crippen LogP contribution in [0.5, 0.6) is 5.75 Å². The van der Waals surface area contributed by atoms with E-state index in [-0.39, 0.29) is 0 Å². The maximum absolute atomic E-state index is 5.02. The molecular formula is C10H16N4O. The summed E-state index contributed by atoms with van der Waals surface area (Å²) in [6.07, 6.45) is 4.54. The summed E-state index contributed by atoms with van der Waals surface area (Å²) in [5, 5.41) is 3.32. The largest absolute Gasteiger partial charge is 0.494 e. The average Bonchev–Trinajstić information content (AvgIpc) is 2.82. The molecule has 2 heterocycles. The molecular weight excluding hydrogens is 192 g/mol. The minimum Gasteiger partial charge on any atom is -0.494 e. The van der Waals surface area contributed by atoms with Crippen LogP contribution in [0.3, 0.4) is 0 Å². The highest BCUT2D eigenvalue weighted by Gasteiger charge is 2.20. The molecule has 0 spiro atoms. The predicted octanol–water partition coefficient (Wildman–Crippen LogP) is 0.283. The Labute approximate surface area is 89.5 Å². The summed E-state index contributed by atoms with van der Waals surface area (Å²) in [5.74, 6) is 1.45. The molecule has 5 nitrogen and oxygen atoms in total. The number of likely N-dealkylation sites (N-methyl/N-ethyl adjacent to an activating group) is 1.